The van der Waals surface area contributed by atoms with Crippen molar-refractivity contribution in [2.45, 2.75) is 103 Å². The fourth-order valence-corrected chi connectivity index (χ4v) is 5.91. The van der Waals surface area contributed by atoms with Crippen molar-refractivity contribution in [3.05, 3.63) is 29.1 Å². The summed E-state index contributed by atoms with van der Waals surface area (Å²) >= 11 is 0. The van der Waals surface area contributed by atoms with Crippen molar-refractivity contribution in [3.8, 4) is 5.75 Å². The normalized spacial score (nSPS) is 11.6. The lowest BCUT2D eigenvalue weighted by Gasteiger charge is -2.09. The number of hydrogen-bond acceptors (Lipinski definition) is 14. The number of unbranched alkanes of at least 4 members (excludes halogenated alkanes) is 13. The van der Waals surface area contributed by atoms with E-state index in [0.717, 1.165) is 13.0 Å². The summed E-state index contributed by atoms with van der Waals surface area (Å²) in [6.45, 7) is 12.2. The maximum absolute atomic E-state index is 13.6. The molecule has 0 saturated carbocycles. The van der Waals surface area contributed by atoms with Gasteiger partial charge < -0.3 is 61.6 Å². The highest BCUT2D eigenvalue weighted by atomic mass is 19.2. The fourth-order valence-electron chi connectivity index (χ4n) is 5.91. The summed E-state index contributed by atoms with van der Waals surface area (Å²) in [7, 11) is 0. The summed E-state index contributed by atoms with van der Waals surface area (Å²) in [5, 5.41) is 0. The molecule has 0 N–H and O–H groups in total. The van der Waals surface area contributed by atoms with Crippen LogP contribution in [0.4, 0.5) is 22.0 Å². The van der Waals surface area contributed by atoms with Crippen LogP contribution in [0.3, 0.4) is 0 Å². The standard InChI is InChI=1S/C47H81F5O14/c1-2-3-4-5-6-7-8-9-10-11-12-13-14-15-17-54-19-21-56-23-25-58-27-29-60-31-33-62-35-37-64-39-40-65-38-36-63-34-32-61-30-28-59-26-24-57-22-20-55-18-16-41(53)66-47-45(51)43(49)42(48)44(50)46(47)52/h2-40H2,1H3. The Morgan fingerprint density at radius 3 is 0.773 bits per heavy atom. The van der Waals surface area contributed by atoms with Crippen LogP contribution in [-0.4, -0.2) is 165 Å². The van der Waals surface area contributed by atoms with E-state index in [2.05, 4.69) is 11.7 Å². The van der Waals surface area contributed by atoms with E-state index >= 15 is 0 Å². The zero-order valence-corrected chi connectivity index (χ0v) is 39.7. The molecular formula is C47H81F5O14. The van der Waals surface area contributed by atoms with Gasteiger partial charge >= 0.3 is 5.97 Å². The van der Waals surface area contributed by atoms with Crippen LogP contribution in [0.5, 0.6) is 5.75 Å². The van der Waals surface area contributed by atoms with Crippen LogP contribution in [0.1, 0.15) is 103 Å². The van der Waals surface area contributed by atoms with E-state index in [1.54, 1.807) is 0 Å². The SMILES string of the molecule is CCCCCCCCCCCCCCCCOCCOCCOCCOCCOCCOCCOCCOCCOCCOCCOCCOCCC(=O)Oc1c(F)c(F)c(F)c(F)c1F. The van der Waals surface area contributed by atoms with Crippen molar-refractivity contribution < 1.29 is 88.3 Å². The Balaban J connectivity index is 1.66. The zero-order chi connectivity index (χ0) is 47.8. The van der Waals surface area contributed by atoms with Crippen molar-refractivity contribution >= 4 is 5.97 Å². The van der Waals surface area contributed by atoms with Gasteiger partial charge in [-0.25, -0.2) is 13.2 Å². The summed E-state index contributed by atoms with van der Waals surface area (Å²) in [5.74, 6) is -14.1. The number of halogens is 5. The van der Waals surface area contributed by atoms with Crippen molar-refractivity contribution in [1.29, 1.82) is 0 Å². The molecule has 0 spiro atoms. The molecule has 0 aliphatic carbocycles. The fraction of sp³-hybridized carbons (Fsp3) is 0.851. The molecule has 19 heteroatoms. The number of ether oxygens (including phenoxy) is 13. The second-order valence-corrected chi connectivity index (χ2v) is 15.1. The smallest absolute Gasteiger partial charge is 0.313 e. The Morgan fingerprint density at radius 2 is 0.500 bits per heavy atom. The van der Waals surface area contributed by atoms with Crippen LogP contribution in [0, 0.1) is 29.1 Å². The van der Waals surface area contributed by atoms with Gasteiger partial charge in [0.2, 0.25) is 34.8 Å². The number of carbonyl (C=O) groups is 1. The van der Waals surface area contributed by atoms with E-state index in [4.69, 9.17) is 56.8 Å². The molecule has 388 valence electrons. The van der Waals surface area contributed by atoms with Crippen LogP contribution in [-0.2, 0) is 61.6 Å². The van der Waals surface area contributed by atoms with Crippen molar-refractivity contribution in [1.82, 2.24) is 0 Å². The highest BCUT2D eigenvalue weighted by Crippen LogP contribution is 2.29. The number of carbonyl (C=O) groups excluding carboxylic acids is 1. The average Bonchev–Trinajstić information content (AvgIpc) is 3.32. The molecule has 0 aliphatic rings. The quantitative estimate of drug-likeness (QED) is 0.0154. The molecule has 1 aromatic rings. The predicted molar refractivity (Wildman–Crippen MR) is 237 cm³/mol. The van der Waals surface area contributed by atoms with E-state index in [9.17, 15) is 26.7 Å². The summed E-state index contributed by atoms with van der Waals surface area (Å²) in [5.41, 5.74) is 0. The molecule has 1 rings (SSSR count). The summed E-state index contributed by atoms with van der Waals surface area (Å²) in [4.78, 5) is 11.7. The predicted octanol–water partition coefficient (Wildman–Crippen LogP) is 8.36. The first-order valence-corrected chi connectivity index (χ1v) is 24.0. The molecular weight excluding hydrogens is 883 g/mol. The Labute approximate surface area is 390 Å². The van der Waals surface area contributed by atoms with E-state index in [-0.39, 0.29) is 26.4 Å². The molecule has 14 nitrogen and oxygen atoms in total. The lowest BCUT2D eigenvalue weighted by molar-refractivity contribution is -0.136. The van der Waals surface area contributed by atoms with Gasteiger partial charge in [-0.15, -0.1) is 0 Å². The van der Waals surface area contributed by atoms with Gasteiger partial charge in [0.1, 0.15) is 0 Å². The maximum atomic E-state index is 13.6. The molecule has 0 radical (unpaired) electrons. The highest BCUT2D eigenvalue weighted by molar-refractivity contribution is 5.72. The van der Waals surface area contributed by atoms with Gasteiger partial charge in [-0.3, -0.25) is 4.79 Å². The lowest BCUT2D eigenvalue weighted by Crippen LogP contribution is -2.16. The van der Waals surface area contributed by atoms with Gasteiger partial charge in [0.25, 0.3) is 0 Å². The van der Waals surface area contributed by atoms with Crippen LogP contribution in [0.15, 0.2) is 0 Å². The first kappa shape index (κ1) is 61.9. The van der Waals surface area contributed by atoms with Crippen LogP contribution in [0.2, 0.25) is 0 Å². The average molecular weight is 965 g/mol. The van der Waals surface area contributed by atoms with E-state index < -0.39 is 47.2 Å². The van der Waals surface area contributed by atoms with E-state index in [1.165, 1.54) is 83.5 Å². The minimum atomic E-state index is -2.35. The monoisotopic (exact) mass is 965 g/mol. The molecule has 0 bridgehead atoms. The maximum Gasteiger partial charge on any atom is 0.313 e. The highest BCUT2D eigenvalue weighted by Gasteiger charge is 2.28. The molecule has 0 amide bonds. The molecule has 0 atom stereocenters. The molecule has 0 saturated heterocycles. The third-order valence-corrected chi connectivity index (χ3v) is 9.57. The molecule has 0 fully saturated rings. The Kier molecular flexibility index (Phi) is 44.9. The van der Waals surface area contributed by atoms with Crippen molar-refractivity contribution in [3.63, 3.8) is 0 Å². The largest absolute Gasteiger partial charge is 0.420 e. The first-order chi connectivity index (χ1) is 32.4. The van der Waals surface area contributed by atoms with Gasteiger partial charge in [0, 0.05) is 6.61 Å². The van der Waals surface area contributed by atoms with Crippen molar-refractivity contribution in [2.75, 3.05) is 159 Å². The molecule has 0 heterocycles. The minimum Gasteiger partial charge on any atom is -0.420 e. The minimum absolute atomic E-state index is 0.0800. The van der Waals surface area contributed by atoms with Gasteiger partial charge in [0.05, 0.1) is 158 Å². The second kappa shape index (κ2) is 47.9. The van der Waals surface area contributed by atoms with Gasteiger partial charge in [-0.2, -0.15) is 8.78 Å². The Morgan fingerprint density at radius 1 is 0.288 bits per heavy atom. The van der Waals surface area contributed by atoms with Gasteiger partial charge in [-0.1, -0.05) is 90.4 Å². The van der Waals surface area contributed by atoms with E-state index in [0.29, 0.717) is 126 Å². The summed E-state index contributed by atoms with van der Waals surface area (Å²) < 4.78 is 136. The lowest BCUT2D eigenvalue weighted by atomic mass is 10.0. The topological polar surface area (TPSA) is 137 Å². The molecule has 1 aromatic carbocycles. The number of rotatable bonds is 52. The number of benzene rings is 1. The number of hydrogen-bond donors (Lipinski definition) is 0. The second-order valence-electron chi connectivity index (χ2n) is 15.1. The number of esters is 1. The summed E-state index contributed by atoms with van der Waals surface area (Å²) in [6.07, 6.45) is 18.5. The Bertz CT molecular complexity index is 1210. The molecule has 0 aromatic heterocycles. The summed E-state index contributed by atoms with van der Waals surface area (Å²) in [6, 6.07) is 0. The third kappa shape index (κ3) is 37.8. The zero-order valence-electron chi connectivity index (χ0n) is 39.7. The molecule has 0 unspecified atom stereocenters. The van der Waals surface area contributed by atoms with E-state index in [1.807, 2.05) is 0 Å². The van der Waals surface area contributed by atoms with Crippen LogP contribution >= 0.6 is 0 Å². The van der Waals surface area contributed by atoms with Crippen molar-refractivity contribution in [2.24, 2.45) is 0 Å². The van der Waals surface area contributed by atoms with Gasteiger partial charge in [-0.05, 0) is 6.42 Å². The molecule has 0 aliphatic heterocycles. The first-order valence-electron chi connectivity index (χ1n) is 24.0. The molecule has 66 heavy (non-hydrogen) atoms. The van der Waals surface area contributed by atoms with Crippen LogP contribution < -0.4 is 4.74 Å². The third-order valence-electron chi connectivity index (χ3n) is 9.57. The van der Waals surface area contributed by atoms with Gasteiger partial charge in [0.15, 0.2) is 0 Å². The van der Waals surface area contributed by atoms with Crippen LogP contribution in [0.25, 0.3) is 0 Å². The Hall–Kier alpha value is -2.14.